The summed E-state index contributed by atoms with van der Waals surface area (Å²) in [6.07, 6.45) is 0.368. The van der Waals surface area contributed by atoms with E-state index >= 15 is 0 Å². The molecule has 238 valence electrons. The highest BCUT2D eigenvalue weighted by Gasteiger charge is 2.47. The zero-order valence-corrected chi connectivity index (χ0v) is 26.0. The number of benzene rings is 3. The topological polar surface area (TPSA) is 138 Å². The normalized spacial score (nSPS) is 22.7. The second-order valence-electron chi connectivity index (χ2n) is 11.9. The van der Waals surface area contributed by atoms with Crippen molar-refractivity contribution < 1.29 is 32.6 Å². The number of aliphatic hydroxyl groups excluding tert-OH is 1. The van der Waals surface area contributed by atoms with Gasteiger partial charge in [0, 0.05) is 44.6 Å². The van der Waals surface area contributed by atoms with E-state index in [0.717, 1.165) is 21.0 Å². The lowest BCUT2D eigenvalue weighted by molar-refractivity contribution is -0.127. The summed E-state index contributed by atoms with van der Waals surface area (Å²) in [4.78, 5) is 28.4. The Morgan fingerprint density at radius 3 is 2.56 bits per heavy atom. The number of amides is 3. The number of fused-ring (bicyclic) bond motifs is 2. The maximum Gasteiger partial charge on any atom is 0.317 e. The molecule has 0 radical (unpaired) electrons. The van der Waals surface area contributed by atoms with Gasteiger partial charge >= 0.3 is 6.03 Å². The third-order valence-electron chi connectivity index (χ3n) is 8.99. The average Bonchev–Trinajstić information content (AvgIpc) is 3.46. The van der Waals surface area contributed by atoms with Crippen LogP contribution in [0.5, 0.6) is 11.5 Å². The van der Waals surface area contributed by atoms with Gasteiger partial charge in [-0.1, -0.05) is 48.5 Å². The molecular weight excluding hydrogens is 596 g/mol. The monoisotopic (exact) mass is 634 g/mol. The maximum atomic E-state index is 14.0. The van der Waals surface area contributed by atoms with Gasteiger partial charge in [-0.2, -0.15) is 4.31 Å². The van der Waals surface area contributed by atoms with E-state index in [1.807, 2.05) is 54.6 Å². The van der Waals surface area contributed by atoms with Gasteiger partial charge in [0.25, 0.3) is 0 Å². The van der Waals surface area contributed by atoms with Crippen LogP contribution in [0.4, 0.5) is 4.79 Å². The second-order valence-corrected chi connectivity index (χ2v) is 13.7. The zero-order chi connectivity index (χ0) is 31.6. The maximum absolute atomic E-state index is 14.0. The number of urea groups is 1. The number of nitrogens with one attached hydrogen (secondary N) is 2. The lowest BCUT2D eigenvalue weighted by atomic mass is 9.84. The van der Waals surface area contributed by atoms with Crippen molar-refractivity contribution in [2.24, 2.45) is 0 Å². The summed E-state index contributed by atoms with van der Waals surface area (Å²) in [6, 6.07) is 20.8. The number of nitrogens with zero attached hydrogens (tertiary/aromatic N) is 2. The minimum absolute atomic E-state index is 0.00670. The van der Waals surface area contributed by atoms with E-state index in [9.17, 15) is 23.1 Å². The first-order valence-electron chi connectivity index (χ1n) is 15.2. The van der Waals surface area contributed by atoms with Crippen molar-refractivity contribution in [1.29, 1.82) is 0 Å². The molecule has 11 nitrogen and oxygen atoms in total. The molecule has 2 saturated heterocycles. The molecule has 12 heteroatoms. The van der Waals surface area contributed by atoms with Crippen molar-refractivity contribution >= 4 is 22.0 Å². The highest BCUT2D eigenvalue weighted by atomic mass is 32.2. The van der Waals surface area contributed by atoms with Crippen molar-refractivity contribution in [1.82, 2.24) is 19.8 Å². The van der Waals surface area contributed by atoms with Gasteiger partial charge in [0.1, 0.15) is 22.4 Å². The molecule has 3 aromatic rings. The first kappa shape index (κ1) is 30.9. The number of aliphatic hydroxyl groups is 1. The number of carbonyl (C=O) groups excluding carboxylic acids is 2. The van der Waals surface area contributed by atoms with Crippen molar-refractivity contribution in [3.05, 3.63) is 78.4 Å². The summed E-state index contributed by atoms with van der Waals surface area (Å²) in [5.41, 5.74) is 1.86. The van der Waals surface area contributed by atoms with Crippen LogP contribution in [0.2, 0.25) is 0 Å². The van der Waals surface area contributed by atoms with Crippen LogP contribution in [0.1, 0.15) is 31.2 Å². The molecule has 2 fully saturated rings. The van der Waals surface area contributed by atoms with Gasteiger partial charge in [0.15, 0.2) is 0 Å². The number of piperidine rings is 1. The summed E-state index contributed by atoms with van der Waals surface area (Å²) < 4.78 is 40.7. The first-order valence-corrected chi connectivity index (χ1v) is 16.6. The Kier molecular flexibility index (Phi) is 8.71. The number of carbonyl (C=O) groups is 2. The molecule has 3 aliphatic heterocycles. The summed E-state index contributed by atoms with van der Waals surface area (Å²) in [6.45, 7) is 1.19. The van der Waals surface area contributed by atoms with Gasteiger partial charge in [-0.15, -0.1) is 0 Å². The molecule has 2 atom stereocenters. The van der Waals surface area contributed by atoms with Crippen LogP contribution >= 0.6 is 0 Å². The lowest BCUT2D eigenvalue weighted by Gasteiger charge is -2.43. The van der Waals surface area contributed by atoms with Crippen LogP contribution in [0.25, 0.3) is 11.1 Å². The molecule has 0 aliphatic carbocycles. The molecule has 45 heavy (non-hydrogen) atoms. The largest absolute Gasteiger partial charge is 0.497 e. The first-order chi connectivity index (χ1) is 21.7. The molecule has 3 aliphatic rings. The van der Waals surface area contributed by atoms with Crippen molar-refractivity contribution in [2.75, 3.05) is 33.4 Å². The molecule has 6 rings (SSSR count). The Labute approximate surface area is 263 Å². The van der Waals surface area contributed by atoms with Gasteiger partial charge in [-0.3, -0.25) is 4.79 Å². The number of methoxy groups -OCH3 is 1. The third-order valence-corrected chi connectivity index (χ3v) is 10.9. The predicted octanol–water partition coefficient (Wildman–Crippen LogP) is 3.13. The van der Waals surface area contributed by atoms with E-state index in [-0.39, 0.29) is 36.2 Å². The minimum Gasteiger partial charge on any atom is -0.497 e. The van der Waals surface area contributed by atoms with E-state index in [2.05, 4.69) is 10.6 Å². The highest BCUT2D eigenvalue weighted by Crippen LogP contribution is 2.37. The van der Waals surface area contributed by atoms with Crippen molar-refractivity contribution in [3.63, 3.8) is 0 Å². The van der Waals surface area contributed by atoms with Crippen LogP contribution in [0.15, 0.2) is 77.7 Å². The molecule has 0 bridgehead atoms. The predicted molar refractivity (Wildman–Crippen MR) is 167 cm³/mol. The number of hydrogen-bond acceptors (Lipinski definition) is 7. The molecule has 3 N–H and O–H groups in total. The fourth-order valence-corrected chi connectivity index (χ4v) is 8.14. The van der Waals surface area contributed by atoms with E-state index < -0.39 is 33.6 Å². The summed E-state index contributed by atoms with van der Waals surface area (Å²) >= 11 is 0. The van der Waals surface area contributed by atoms with Crippen LogP contribution in [-0.4, -0.2) is 85.7 Å². The Balaban J connectivity index is 1.26. The van der Waals surface area contributed by atoms with E-state index in [1.54, 1.807) is 24.1 Å². The van der Waals surface area contributed by atoms with Crippen LogP contribution in [-0.2, 0) is 21.4 Å². The number of rotatable bonds is 4. The Morgan fingerprint density at radius 2 is 1.80 bits per heavy atom. The van der Waals surface area contributed by atoms with Gasteiger partial charge < -0.3 is 30.1 Å². The zero-order valence-electron chi connectivity index (χ0n) is 25.1. The average molecular weight is 635 g/mol. The molecule has 3 heterocycles. The molecule has 3 amide bonds. The van der Waals surface area contributed by atoms with Crippen molar-refractivity contribution in [3.8, 4) is 22.6 Å². The summed E-state index contributed by atoms with van der Waals surface area (Å²) in [5.74, 6) is 0.393. The van der Waals surface area contributed by atoms with Gasteiger partial charge in [0.2, 0.25) is 15.9 Å². The fourth-order valence-electron chi connectivity index (χ4n) is 6.39. The van der Waals surface area contributed by atoms with E-state index in [4.69, 9.17) is 9.47 Å². The number of sulfonamides is 1. The highest BCUT2D eigenvalue weighted by molar-refractivity contribution is 7.89. The van der Waals surface area contributed by atoms with E-state index in [0.29, 0.717) is 44.6 Å². The van der Waals surface area contributed by atoms with Gasteiger partial charge in [-0.05, 0) is 53.8 Å². The lowest BCUT2D eigenvalue weighted by Crippen LogP contribution is -2.60. The fraction of sp³-hybridized carbons (Fsp3) is 0.394. The van der Waals surface area contributed by atoms with Gasteiger partial charge in [0.05, 0.1) is 19.8 Å². The number of ether oxygens (including phenoxy) is 2. The SMILES string of the molecule is COc1cccc(-c2ccc3c(c2)OCCC2(CCN(C(=O)NCc4ccccc4)CC2)NC(=O)[C@@H]2C[C@@H](O)CN2S3(=O)=O)c1. The smallest absolute Gasteiger partial charge is 0.317 e. The molecule has 3 aromatic carbocycles. The number of hydrogen-bond donors (Lipinski definition) is 3. The second kappa shape index (κ2) is 12.7. The minimum atomic E-state index is -4.20. The van der Waals surface area contributed by atoms with Crippen LogP contribution < -0.4 is 20.1 Å². The van der Waals surface area contributed by atoms with Crippen LogP contribution in [0, 0.1) is 0 Å². The summed E-state index contributed by atoms with van der Waals surface area (Å²) in [5, 5.41) is 16.6. The van der Waals surface area contributed by atoms with Gasteiger partial charge in [-0.25, -0.2) is 13.2 Å². The Hall–Kier alpha value is -4.13. The standard InChI is InChI=1S/C33H38N4O7S/c1-43-27-9-5-8-24(18-27)25-10-11-30-29(19-25)44-17-14-33(35-31(39)28-20-26(38)22-37(28)45(30,41)42)12-15-36(16-13-33)32(40)34-21-23-6-3-2-4-7-23/h2-11,18-19,26,28,38H,12-17,20-22H2,1H3,(H,34,40)(H,35,39)/t26-,28+/m1/s1. The quantitative estimate of drug-likeness (QED) is 0.401. The molecule has 1 spiro atoms. The Bertz CT molecular complexity index is 1660. The van der Waals surface area contributed by atoms with E-state index in [1.165, 1.54) is 6.07 Å². The molecule has 0 unspecified atom stereocenters. The molecule has 0 saturated carbocycles. The van der Waals surface area contributed by atoms with Crippen molar-refractivity contribution in [2.45, 2.75) is 54.8 Å². The molecule has 0 aromatic heterocycles. The molecular formula is C33H38N4O7S. The Morgan fingerprint density at radius 1 is 1.04 bits per heavy atom. The number of likely N-dealkylation sites (tertiary alicyclic amines) is 1. The van der Waals surface area contributed by atoms with Crippen LogP contribution in [0.3, 0.4) is 0 Å². The third kappa shape index (κ3) is 6.49. The summed E-state index contributed by atoms with van der Waals surface area (Å²) in [7, 11) is -2.62.